The molecule has 0 amide bonds. The van der Waals surface area contributed by atoms with Gasteiger partial charge in [0.15, 0.2) is 0 Å². The first-order valence-electron chi connectivity index (χ1n) is 9.84. The van der Waals surface area contributed by atoms with E-state index in [1.807, 2.05) is 20.0 Å². The molecule has 0 aliphatic heterocycles. The maximum Gasteiger partial charge on any atom is 0.144 e. The van der Waals surface area contributed by atoms with Crippen LogP contribution in [0.3, 0.4) is 0 Å². The van der Waals surface area contributed by atoms with Gasteiger partial charge in [0.25, 0.3) is 0 Å². The molecule has 4 heteroatoms. The Morgan fingerprint density at radius 1 is 0.862 bits per heavy atom. The number of hydrogen-bond donors (Lipinski definition) is 0. The van der Waals surface area contributed by atoms with E-state index in [0.717, 1.165) is 51.6 Å². The topological polar surface area (TPSA) is 51.8 Å². The highest BCUT2D eigenvalue weighted by molar-refractivity contribution is 5.67. The number of rotatable bonds is 4. The van der Waals surface area contributed by atoms with E-state index < -0.39 is 0 Å². The van der Waals surface area contributed by atoms with Gasteiger partial charge in [-0.25, -0.2) is 9.97 Å². The second-order valence-electron chi connectivity index (χ2n) is 7.68. The number of hydrogen-bond acceptors (Lipinski definition) is 4. The molecule has 146 valence electrons. The Labute approximate surface area is 171 Å². The lowest BCUT2D eigenvalue weighted by Gasteiger charge is -2.10. The van der Waals surface area contributed by atoms with Crippen molar-refractivity contribution in [2.45, 2.75) is 41.0 Å². The highest BCUT2D eigenvalue weighted by Crippen LogP contribution is 2.29. The zero-order valence-electron chi connectivity index (χ0n) is 17.6. The summed E-state index contributed by atoms with van der Waals surface area (Å²) in [6.45, 7) is 10.2. The van der Waals surface area contributed by atoms with Crippen molar-refractivity contribution in [3.63, 3.8) is 0 Å². The summed E-state index contributed by atoms with van der Waals surface area (Å²) in [5.74, 6) is 1.70. The third kappa shape index (κ3) is 3.83. The van der Waals surface area contributed by atoms with Gasteiger partial charge in [-0.1, -0.05) is 53.2 Å². The molecular formula is C25H25N3O. The lowest BCUT2D eigenvalue weighted by Crippen LogP contribution is -1.96. The van der Waals surface area contributed by atoms with Crippen LogP contribution in [0.2, 0.25) is 0 Å². The SMILES string of the molecule is Cc1ccc(-c2noc(Cc3ccc(-c4cnc(C)nc4C)cc3C)c2C)cc1. The van der Waals surface area contributed by atoms with Crippen molar-refractivity contribution < 1.29 is 4.52 Å². The van der Waals surface area contributed by atoms with Crippen LogP contribution in [0.5, 0.6) is 0 Å². The Kier molecular flexibility index (Phi) is 5.01. The van der Waals surface area contributed by atoms with Gasteiger partial charge in [0.2, 0.25) is 0 Å². The van der Waals surface area contributed by atoms with Crippen molar-refractivity contribution in [3.8, 4) is 22.4 Å². The Balaban J connectivity index is 1.61. The smallest absolute Gasteiger partial charge is 0.144 e. The molecule has 4 rings (SSSR count). The maximum atomic E-state index is 5.72. The average molecular weight is 383 g/mol. The lowest BCUT2D eigenvalue weighted by atomic mass is 9.96. The molecule has 0 saturated heterocycles. The van der Waals surface area contributed by atoms with Crippen LogP contribution < -0.4 is 0 Å². The molecule has 0 atom stereocenters. The average Bonchev–Trinajstić information content (AvgIpc) is 3.04. The summed E-state index contributed by atoms with van der Waals surface area (Å²) in [6.07, 6.45) is 2.63. The van der Waals surface area contributed by atoms with E-state index in [-0.39, 0.29) is 0 Å². The van der Waals surface area contributed by atoms with E-state index in [1.54, 1.807) is 0 Å². The summed E-state index contributed by atoms with van der Waals surface area (Å²) in [7, 11) is 0. The Morgan fingerprint density at radius 2 is 1.59 bits per heavy atom. The van der Waals surface area contributed by atoms with Gasteiger partial charge in [-0.15, -0.1) is 0 Å². The second kappa shape index (κ2) is 7.63. The Morgan fingerprint density at radius 3 is 2.28 bits per heavy atom. The summed E-state index contributed by atoms with van der Waals surface area (Å²) in [6, 6.07) is 14.9. The van der Waals surface area contributed by atoms with E-state index in [1.165, 1.54) is 16.7 Å². The van der Waals surface area contributed by atoms with Crippen LogP contribution in [0.4, 0.5) is 0 Å². The van der Waals surface area contributed by atoms with Gasteiger partial charge in [0.1, 0.15) is 17.3 Å². The molecule has 2 heterocycles. The standard InChI is InChI=1S/C25H25N3O/c1-15-6-8-20(9-7-15)25-17(3)24(29-28-25)13-21-10-11-22(12-16(21)2)23-14-26-19(5)27-18(23)4/h6-12,14H,13H2,1-5H3. The third-order valence-electron chi connectivity index (χ3n) is 5.45. The highest BCUT2D eigenvalue weighted by Gasteiger charge is 2.15. The van der Waals surface area contributed by atoms with Gasteiger partial charge >= 0.3 is 0 Å². The second-order valence-corrected chi connectivity index (χ2v) is 7.68. The summed E-state index contributed by atoms with van der Waals surface area (Å²) in [4.78, 5) is 8.83. The summed E-state index contributed by atoms with van der Waals surface area (Å²) < 4.78 is 5.72. The van der Waals surface area contributed by atoms with Crippen molar-refractivity contribution in [3.05, 3.63) is 88.2 Å². The predicted octanol–water partition coefficient (Wildman–Crippen LogP) is 5.93. The highest BCUT2D eigenvalue weighted by atomic mass is 16.5. The van der Waals surface area contributed by atoms with Crippen LogP contribution in [-0.4, -0.2) is 15.1 Å². The Bertz CT molecular complexity index is 1170. The molecule has 0 saturated carbocycles. The fourth-order valence-electron chi connectivity index (χ4n) is 3.62. The monoisotopic (exact) mass is 383 g/mol. The largest absolute Gasteiger partial charge is 0.360 e. The number of aryl methyl sites for hydroxylation is 4. The van der Waals surface area contributed by atoms with E-state index in [9.17, 15) is 0 Å². The molecular weight excluding hydrogens is 358 g/mol. The molecule has 0 aliphatic rings. The van der Waals surface area contributed by atoms with Gasteiger partial charge < -0.3 is 4.52 Å². The first kappa shape index (κ1) is 19.1. The Hall–Kier alpha value is -3.27. The predicted molar refractivity (Wildman–Crippen MR) is 116 cm³/mol. The van der Waals surface area contributed by atoms with Crippen molar-refractivity contribution in [1.82, 2.24) is 15.1 Å². The van der Waals surface area contributed by atoms with Gasteiger partial charge in [0, 0.05) is 35.0 Å². The quantitative estimate of drug-likeness (QED) is 0.438. The van der Waals surface area contributed by atoms with Crippen molar-refractivity contribution in [1.29, 1.82) is 0 Å². The number of benzene rings is 2. The molecule has 0 N–H and O–H groups in total. The molecule has 4 aromatic rings. The van der Waals surface area contributed by atoms with Crippen LogP contribution in [0, 0.1) is 34.6 Å². The minimum atomic E-state index is 0.722. The van der Waals surface area contributed by atoms with Crippen LogP contribution >= 0.6 is 0 Å². The van der Waals surface area contributed by atoms with Crippen LogP contribution in [-0.2, 0) is 6.42 Å². The molecule has 0 unspecified atom stereocenters. The van der Waals surface area contributed by atoms with Crippen molar-refractivity contribution in [2.24, 2.45) is 0 Å². The minimum Gasteiger partial charge on any atom is -0.360 e. The van der Waals surface area contributed by atoms with Crippen LogP contribution in [0.1, 0.15) is 39.5 Å². The van der Waals surface area contributed by atoms with Gasteiger partial charge in [-0.3, -0.25) is 0 Å². The number of aromatic nitrogens is 3. The van der Waals surface area contributed by atoms with E-state index >= 15 is 0 Å². The van der Waals surface area contributed by atoms with E-state index in [2.05, 4.69) is 78.4 Å². The van der Waals surface area contributed by atoms with Crippen LogP contribution in [0.15, 0.2) is 53.2 Å². The molecule has 4 nitrogen and oxygen atoms in total. The molecule has 2 aromatic carbocycles. The molecule has 2 aromatic heterocycles. The molecule has 0 radical (unpaired) electrons. The van der Waals surface area contributed by atoms with Gasteiger partial charge in [-0.05, 0) is 51.3 Å². The molecule has 0 fully saturated rings. The third-order valence-corrected chi connectivity index (χ3v) is 5.45. The fourth-order valence-corrected chi connectivity index (χ4v) is 3.62. The molecule has 0 aliphatic carbocycles. The van der Waals surface area contributed by atoms with E-state index in [4.69, 9.17) is 4.52 Å². The maximum absolute atomic E-state index is 5.72. The molecule has 29 heavy (non-hydrogen) atoms. The first-order chi connectivity index (χ1) is 13.9. The van der Waals surface area contributed by atoms with Gasteiger partial charge in [-0.2, -0.15) is 0 Å². The normalized spacial score (nSPS) is 11.1. The van der Waals surface area contributed by atoms with Crippen LogP contribution in [0.25, 0.3) is 22.4 Å². The molecule has 0 spiro atoms. The van der Waals surface area contributed by atoms with E-state index in [0.29, 0.717) is 0 Å². The fraction of sp³-hybridized carbons (Fsp3) is 0.240. The summed E-state index contributed by atoms with van der Waals surface area (Å²) in [5, 5.41) is 4.33. The lowest BCUT2D eigenvalue weighted by molar-refractivity contribution is 0.390. The number of nitrogens with zero attached hydrogens (tertiary/aromatic N) is 3. The summed E-state index contributed by atoms with van der Waals surface area (Å²) >= 11 is 0. The summed E-state index contributed by atoms with van der Waals surface area (Å²) in [5.41, 5.74) is 10.00. The minimum absolute atomic E-state index is 0.722. The van der Waals surface area contributed by atoms with Crippen molar-refractivity contribution >= 4 is 0 Å². The van der Waals surface area contributed by atoms with Gasteiger partial charge in [0.05, 0.1) is 0 Å². The molecule has 0 bridgehead atoms. The zero-order valence-corrected chi connectivity index (χ0v) is 17.6. The zero-order chi connectivity index (χ0) is 20.5. The van der Waals surface area contributed by atoms with Crippen molar-refractivity contribution in [2.75, 3.05) is 0 Å². The first-order valence-corrected chi connectivity index (χ1v) is 9.84.